The first-order valence-corrected chi connectivity index (χ1v) is 8.39. The Hall–Kier alpha value is -2.12. The van der Waals surface area contributed by atoms with Crippen LogP contribution in [0.15, 0.2) is 41.3 Å². The fourth-order valence-electron chi connectivity index (χ4n) is 2.08. The van der Waals surface area contributed by atoms with Crippen molar-refractivity contribution in [2.75, 3.05) is 31.3 Å². The van der Waals surface area contributed by atoms with Crippen molar-refractivity contribution in [2.24, 2.45) is 0 Å². The number of sulfonamides is 1. The number of anilines is 2. The molecular weight excluding hydrogens is 340 g/mol. The van der Waals surface area contributed by atoms with Crippen molar-refractivity contribution in [3.8, 4) is 11.5 Å². The van der Waals surface area contributed by atoms with Gasteiger partial charge in [0.15, 0.2) is 0 Å². The molecule has 0 bridgehead atoms. The molecule has 0 unspecified atom stereocenters. The largest absolute Gasteiger partial charge is 0.495 e. The van der Waals surface area contributed by atoms with Gasteiger partial charge in [0.25, 0.3) is 10.0 Å². The predicted molar refractivity (Wildman–Crippen MR) is 91.0 cm³/mol. The summed E-state index contributed by atoms with van der Waals surface area (Å²) in [6, 6.07) is 9.44. The summed E-state index contributed by atoms with van der Waals surface area (Å²) in [5.74, 6) is 0.547. The third-order valence-corrected chi connectivity index (χ3v) is 5.47. The lowest BCUT2D eigenvalue weighted by molar-refractivity contribution is 0.402. The van der Waals surface area contributed by atoms with Crippen molar-refractivity contribution < 1.29 is 17.9 Å². The molecule has 0 saturated heterocycles. The summed E-state index contributed by atoms with van der Waals surface area (Å²) >= 11 is 5.93. The van der Waals surface area contributed by atoms with Crippen molar-refractivity contribution in [3.63, 3.8) is 0 Å². The highest BCUT2D eigenvalue weighted by Gasteiger charge is 2.28. The molecule has 2 aromatic carbocycles. The minimum absolute atomic E-state index is 0.0738. The van der Waals surface area contributed by atoms with E-state index in [4.69, 9.17) is 26.8 Å². The van der Waals surface area contributed by atoms with E-state index in [9.17, 15) is 8.42 Å². The first kappa shape index (κ1) is 17.2. The van der Waals surface area contributed by atoms with E-state index in [-0.39, 0.29) is 21.4 Å². The Morgan fingerprint density at radius 1 is 1.09 bits per heavy atom. The van der Waals surface area contributed by atoms with Crippen LogP contribution in [0.1, 0.15) is 0 Å². The first-order valence-electron chi connectivity index (χ1n) is 6.58. The molecular formula is C15H17ClN2O4S. The number of nitrogens with two attached hydrogens (primary N) is 1. The zero-order valence-electron chi connectivity index (χ0n) is 12.9. The third kappa shape index (κ3) is 3.16. The predicted octanol–water partition coefficient (Wildman–Crippen LogP) is 2.76. The minimum Gasteiger partial charge on any atom is -0.495 e. The van der Waals surface area contributed by atoms with E-state index in [0.717, 1.165) is 4.31 Å². The fourth-order valence-corrected chi connectivity index (χ4v) is 3.61. The molecule has 2 aromatic rings. The van der Waals surface area contributed by atoms with Gasteiger partial charge >= 0.3 is 0 Å². The smallest absolute Gasteiger partial charge is 0.267 e. The van der Waals surface area contributed by atoms with Gasteiger partial charge in [0.1, 0.15) is 16.4 Å². The molecule has 0 spiro atoms. The summed E-state index contributed by atoms with van der Waals surface area (Å²) in [5.41, 5.74) is 6.29. The van der Waals surface area contributed by atoms with Crippen LogP contribution in [0, 0.1) is 0 Å². The Morgan fingerprint density at radius 3 is 2.30 bits per heavy atom. The minimum atomic E-state index is -3.92. The van der Waals surface area contributed by atoms with Crippen LogP contribution in [0.4, 0.5) is 11.4 Å². The summed E-state index contributed by atoms with van der Waals surface area (Å²) in [6.45, 7) is 0. The number of hydrogen-bond acceptors (Lipinski definition) is 5. The standard InChI is InChI=1S/C15H17ClN2O4S/c1-18(12-6-4-5-7-13(12)21-2)23(19,20)15-9-11(17)10(16)8-14(15)22-3/h4-9H,17H2,1-3H3. The summed E-state index contributed by atoms with van der Waals surface area (Å²) in [6.07, 6.45) is 0. The zero-order valence-corrected chi connectivity index (χ0v) is 14.5. The summed E-state index contributed by atoms with van der Waals surface area (Å²) in [7, 11) is 0.348. The number of nitrogen functional groups attached to an aromatic ring is 1. The van der Waals surface area contributed by atoms with Crippen LogP contribution in [0.2, 0.25) is 5.02 Å². The monoisotopic (exact) mass is 356 g/mol. The van der Waals surface area contributed by atoms with E-state index in [1.54, 1.807) is 24.3 Å². The molecule has 124 valence electrons. The number of nitrogens with zero attached hydrogens (tertiary/aromatic N) is 1. The van der Waals surface area contributed by atoms with Gasteiger partial charge in [-0.3, -0.25) is 4.31 Å². The van der Waals surface area contributed by atoms with Crippen LogP contribution in [0.3, 0.4) is 0 Å². The molecule has 8 heteroatoms. The molecule has 0 radical (unpaired) electrons. The second-order valence-corrected chi connectivity index (χ2v) is 7.01. The molecule has 0 heterocycles. The van der Waals surface area contributed by atoms with Crippen LogP contribution < -0.4 is 19.5 Å². The van der Waals surface area contributed by atoms with Crippen LogP contribution in [-0.4, -0.2) is 29.7 Å². The number of methoxy groups -OCH3 is 2. The highest BCUT2D eigenvalue weighted by Crippen LogP contribution is 2.36. The number of halogens is 1. The average Bonchev–Trinajstić information content (AvgIpc) is 2.55. The summed E-state index contributed by atoms with van der Waals surface area (Å²) in [4.78, 5) is -0.0738. The average molecular weight is 357 g/mol. The lowest BCUT2D eigenvalue weighted by atomic mass is 10.3. The molecule has 0 aliphatic carbocycles. The molecule has 0 atom stereocenters. The number of para-hydroxylation sites is 2. The van der Waals surface area contributed by atoms with E-state index >= 15 is 0 Å². The van der Waals surface area contributed by atoms with Crippen molar-refractivity contribution >= 4 is 33.0 Å². The molecule has 0 aromatic heterocycles. The second-order valence-electron chi connectivity index (χ2n) is 4.67. The molecule has 0 fully saturated rings. The molecule has 23 heavy (non-hydrogen) atoms. The van der Waals surface area contributed by atoms with Crippen molar-refractivity contribution in [2.45, 2.75) is 4.90 Å². The van der Waals surface area contributed by atoms with Gasteiger partial charge in [0.2, 0.25) is 0 Å². The summed E-state index contributed by atoms with van der Waals surface area (Å²) < 4.78 is 37.3. The highest BCUT2D eigenvalue weighted by molar-refractivity contribution is 7.93. The van der Waals surface area contributed by atoms with Gasteiger partial charge < -0.3 is 15.2 Å². The first-order chi connectivity index (χ1) is 10.8. The quantitative estimate of drug-likeness (QED) is 0.833. The van der Waals surface area contributed by atoms with Gasteiger partial charge in [0, 0.05) is 13.1 Å². The van der Waals surface area contributed by atoms with Crippen LogP contribution in [0.5, 0.6) is 11.5 Å². The van der Waals surface area contributed by atoms with Crippen LogP contribution in [-0.2, 0) is 10.0 Å². The molecule has 2 rings (SSSR count). The van der Waals surface area contributed by atoms with Gasteiger partial charge in [-0.15, -0.1) is 0 Å². The summed E-state index contributed by atoms with van der Waals surface area (Å²) in [5, 5.41) is 0.223. The Balaban J connectivity index is 2.60. The maximum Gasteiger partial charge on any atom is 0.267 e. The van der Waals surface area contributed by atoms with E-state index in [1.807, 2.05) is 0 Å². The Kier molecular flexibility index (Phi) is 4.91. The highest BCUT2D eigenvalue weighted by atomic mass is 35.5. The fraction of sp³-hybridized carbons (Fsp3) is 0.200. The lowest BCUT2D eigenvalue weighted by Crippen LogP contribution is -2.27. The molecule has 0 aliphatic rings. The lowest BCUT2D eigenvalue weighted by Gasteiger charge is -2.23. The number of rotatable bonds is 5. The third-order valence-electron chi connectivity index (χ3n) is 3.35. The molecule has 0 amide bonds. The zero-order chi connectivity index (χ0) is 17.2. The van der Waals surface area contributed by atoms with E-state index < -0.39 is 10.0 Å². The Labute approximate surface area is 140 Å². The van der Waals surface area contributed by atoms with Crippen molar-refractivity contribution in [1.29, 1.82) is 0 Å². The molecule has 2 N–H and O–H groups in total. The van der Waals surface area contributed by atoms with E-state index in [2.05, 4.69) is 0 Å². The Bertz CT molecular complexity index is 824. The van der Waals surface area contributed by atoms with E-state index in [1.165, 1.54) is 33.4 Å². The van der Waals surface area contributed by atoms with Crippen LogP contribution >= 0.6 is 11.6 Å². The van der Waals surface area contributed by atoms with E-state index in [0.29, 0.717) is 11.4 Å². The van der Waals surface area contributed by atoms with Crippen LogP contribution in [0.25, 0.3) is 0 Å². The second kappa shape index (κ2) is 6.55. The number of benzene rings is 2. The van der Waals surface area contributed by atoms with Gasteiger partial charge in [-0.2, -0.15) is 0 Å². The van der Waals surface area contributed by atoms with Gasteiger partial charge in [-0.25, -0.2) is 8.42 Å². The van der Waals surface area contributed by atoms with Gasteiger partial charge in [-0.1, -0.05) is 23.7 Å². The number of ether oxygens (including phenoxy) is 2. The SMILES string of the molecule is COc1ccccc1N(C)S(=O)(=O)c1cc(N)c(Cl)cc1OC. The molecule has 6 nitrogen and oxygen atoms in total. The van der Waals surface area contributed by atoms with Gasteiger partial charge in [-0.05, 0) is 18.2 Å². The van der Waals surface area contributed by atoms with Crippen molar-refractivity contribution in [3.05, 3.63) is 41.4 Å². The Morgan fingerprint density at radius 2 is 1.70 bits per heavy atom. The topological polar surface area (TPSA) is 81.9 Å². The van der Waals surface area contributed by atoms with Gasteiger partial charge in [0.05, 0.1) is 30.6 Å². The molecule has 0 aliphatic heterocycles. The normalized spacial score (nSPS) is 11.1. The number of hydrogen-bond donors (Lipinski definition) is 1. The maximum absolute atomic E-state index is 12.9. The van der Waals surface area contributed by atoms with Crippen molar-refractivity contribution in [1.82, 2.24) is 0 Å². The maximum atomic E-state index is 12.9. The molecule has 0 saturated carbocycles.